The zero-order valence-corrected chi connectivity index (χ0v) is 7.85. The molecule has 0 N–H and O–H groups in total. The standard InChI is InChI=1S/C8H14O3S/c9-5-2-1-3-8-4-6-12(10,11)7-8/h5,8H,1-4,6-7H2. The Balaban J connectivity index is 2.24. The number of sulfone groups is 1. The maximum atomic E-state index is 11.0. The normalized spacial score (nSPS) is 27.2. The molecule has 0 amide bonds. The van der Waals surface area contributed by atoms with Crippen LogP contribution >= 0.6 is 0 Å². The Morgan fingerprint density at radius 3 is 2.67 bits per heavy atom. The van der Waals surface area contributed by atoms with E-state index in [0.717, 1.165) is 25.5 Å². The quantitative estimate of drug-likeness (QED) is 0.486. The molecule has 12 heavy (non-hydrogen) atoms. The largest absolute Gasteiger partial charge is 0.303 e. The topological polar surface area (TPSA) is 51.2 Å². The van der Waals surface area contributed by atoms with Gasteiger partial charge in [0, 0.05) is 6.42 Å². The van der Waals surface area contributed by atoms with Crippen molar-refractivity contribution in [1.29, 1.82) is 0 Å². The Labute approximate surface area is 73.1 Å². The van der Waals surface area contributed by atoms with Crippen LogP contribution in [0.1, 0.15) is 25.7 Å². The lowest BCUT2D eigenvalue weighted by atomic mass is 10.0. The van der Waals surface area contributed by atoms with Crippen LogP contribution in [0, 0.1) is 5.92 Å². The van der Waals surface area contributed by atoms with Crippen molar-refractivity contribution < 1.29 is 13.2 Å². The number of unbranched alkanes of at least 4 members (excludes halogenated alkanes) is 1. The molecule has 1 aliphatic heterocycles. The third-order valence-corrected chi connectivity index (χ3v) is 4.10. The van der Waals surface area contributed by atoms with E-state index in [4.69, 9.17) is 0 Å². The van der Waals surface area contributed by atoms with Gasteiger partial charge in [0.2, 0.25) is 0 Å². The maximum Gasteiger partial charge on any atom is 0.150 e. The molecule has 0 aromatic heterocycles. The molecular weight excluding hydrogens is 176 g/mol. The molecule has 0 aromatic rings. The number of hydrogen-bond donors (Lipinski definition) is 0. The summed E-state index contributed by atoms with van der Waals surface area (Å²) in [5, 5.41) is 0. The molecule has 1 heterocycles. The molecule has 1 fully saturated rings. The summed E-state index contributed by atoms with van der Waals surface area (Å²) in [4.78, 5) is 9.99. The third kappa shape index (κ3) is 2.93. The first-order valence-electron chi connectivity index (χ1n) is 4.28. The second kappa shape index (κ2) is 4.03. The number of carbonyl (C=O) groups is 1. The first-order chi connectivity index (χ1) is 5.64. The first-order valence-corrected chi connectivity index (χ1v) is 6.10. The highest BCUT2D eigenvalue weighted by molar-refractivity contribution is 7.91. The lowest BCUT2D eigenvalue weighted by molar-refractivity contribution is -0.107. The zero-order chi connectivity index (χ0) is 9.03. The van der Waals surface area contributed by atoms with Crippen LogP contribution in [-0.2, 0) is 14.6 Å². The molecule has 70 valence electrons. The molecule has 0 aromatic carbocycles. The smallest absolute Gasteiger partial charge is 0.150 e. The van der Waals surface area contributed by atoms with Gasteiger partial charge in [-0.15, -0.1) is 0 Å². The van der Waals surface area contributed by atoms with Crippen molar-refractivity contribution in [1.82, 2.24) is 0 Å². The summed E-state index contributed by atoms with van der Waals surface area (Å²) in [6.07, 6.45) is 3.98. The van der Waals surface area contributed by atoms with E-state index in [-0.39, 0.29) is 0 Å². The Morgan fingerprint density at radius 2 is 2.17 bits per heavy atom. The van der Waals surface area contributed by atoms with Gasteiger partial charge in [-0.1, -0.05) is 0 Å². The predicted molar refractivity (Wildman–Crippen MR) is 46.7 cm³/mol. The third-order valence-electron chi connectivity index (χ3n) is 2.26. The number of rotatable bonds is 4. The minimum absolute atomic E-state index is 0.315. The molecule has 1 unspecified atom stereocenters. The van der Waals surface area contributed by atoms with Gasteiger partial charge in [-0.2, -0.15) is 0 Å². The van der Waals surface area contributed by atoms with E-state index in [1.54, 1.807) is 0 Å². The van der Waals surface area contributed by atoms with Crippen LogP contribution in [0.15, 0.2) is 0 Å². The van der Waals surface area contributed by atoms with Gasteiger partial charge in [0.1, 0.15) is 6.29 Å². The highest BCUT2D eigenvalue weighted by Crippen LogP contribution is 2.22. The van der Waals surface area contributed by atoms with Crippen LogP contribution in [0.3, 0.4) is 0 Å². The zero-order valence-electron chi connectivity index (χ0n) is 7.03. The van der Waals surface area contributed by atoms with E-state index < -0.39 is 9.84 Å². The average Bonchev–Trinajstić information content (AvgIpc) is 2.31. The highest BCUT2D eigenvalue weighted by Gasteiger charge is 2.26. The molecule has 0 bridgehead atoms. The van der Waals surface area contributed by atoms with Crippen molar-refractivity contribution in [2.75, 3.05) is 11.5 Å². The van der Waals surface area contributed by atoms with E-state index >= 15 is 0 Å². The Bertz CT molecular complexity index is 243. The van der Waals surface area contributed by atoms with E-state index in [2.05, 4.69) is 0 Å². The maximum absolute atomic E-state index is 11.0. The summed E-state index contributed by atoms with van der Waals surface area (Å²) in [6.45, 7) is 0. The summed E-state index contributed by atoms with van der Waals surface area (Å²) in [5.74, 6) is 1.000. The van der Waals surface area contributed by atoms with Crippen molar-refractivity contribution in [2.45, 2.75) is 25.7 Å². The lowest BCUT2D eigenvalue weighted by Crippen LogP contribution is -2.04. The Kier molecular flexibility index (Phi) is 3.26. The van der Waals surface area contributed by atoms with Gasteiger partial charge < -0.3 is 4.79 Å². The molecule has 1 atom stereocenters. The van der Waals surface area contributed by atoms with Crippen LogP contribution < -0.4 is 0 Å². The number of aldehydes is 1. The molecular formula is C8H14O3S. The molecule has 0 spiro atoms. The van der Waals surface area contributed by atoms with Gasteiger partial charge in [-0.05, 0) is 25.2 Å². The van der Waals surface area contributed by atoms with Crippen LogP contribution in [-0.4, -0.2) is 26.2 Å². The summed E-state index contributed by atoms with van der Waals surface area (Å²) in [7, 11) is -2.72. The Morgan fingerprint density at radius 1 is 1.42 bits per heavy atom. The van der Waals surface area contributed by atoms with Crippen molar-refractivity contribution in [3.05, 3.63) is 0 Å². The highest BCUT2D eigenvalue weighted by atomic mass is 32.2. The van der Waals surface area contributed by atoms with Crippen LogP contribution in [0.25, 0.3) is 0 Å². The minimum Gasteiger partial charge on any atom is -0.303 e. The van der Waals surface area contributed by atoms with Gasteiger partial charge in [0.15, 0.2) is 9.84 Å². The van der Waals surface area contributed by atoms with Gasteiger partial charge in [0.25, 0.3) is 0 Å². The van der Waals surface area contributed by atoms with E-state index in [1.807, 2.05) is 0 Å². The molecule has 3 nitrogen and oxygen atoms in total. The number of hydrogen-bond acceptors (Lipinski definition) is 3. The van der Waals surface area contributed by atoms with Crippen LogP contribution in [0.4, 0.5) is 0 Å². The lowest BCUT2D eigenvalue weighted by Gasteiger charge is -2.03. The SMILES string of the molecule is O=CCCCC1CCS(=O)(=O)C1. The molecule has 0 saturated carbocycles. The fraction of sp³-hybridized carbons (Fsp3) is 0.875. The van der Waals surface area contributed by atoms with Crippen molar-refractivity contribution in [3.63, 3.8) is 0 Å². The minimum atomic E-state index is -2.72. The summed E-state index contributed by atoms with van der Waals surface area (Å²) in [5.41, 5.74) is 0. The summed E-state index contributed by atoms with van der Waals surface area (Å²) in [6, 6.07) is 0. The molecule has 0 aliphatic carbocycles. The molecule has 1 aliphatic rings. The Hall–Kier alpha value is -0.380. The fourth-order valence-electron chi connectivity index (χ4n) is 1.59. The summed E-state index contributed by atoms with van der Waals surface area (Å²) >= 11 is 0. The van der Waals surface area contributed by atoms with Crippen molar-refractivity contribution in [2.24, 2.45) is 5.92 Å². The van der Waals surface area contributed by atoms with Gasteiger partial charge >= 0.3 is 0 Å². The van der Waals surface area contributed by atoms with Gasteiger partial charge in [0.05, 0.1) is 11.5 Å². The van der Waals surface area contributed by atoms with Crippen LogP contribution in [0.5, 0.6) is 0 Å². The molecule has 1 saturated heterocycles. The molecule has 0 radical (unpaired) electrons. The van der Waals surface area contributed by atoms with E-state index in [0.29, 0.717) is 23.8 Å². The second-order valence-electron chi connectivity index (χ2n) is 3.37. The second-order valence-corrected chi connectivity index (χ2v) is 5.60. The average molecular weight is 190 g/mol. The number of carbonyl (C=O) groups excluding carboxylic acids is 1. The molecule has 1 rings (SSSR count). The summed E-state index contributed by atoms with van der Waals surface area (Å²) < 4.78 is 22.0. The fourth-order valence-corrected chi connectivity index (χ4v) is 3.50. The molecule has 4 heteroatoms. The van der Waals surface area contributed by atoms with Crippen molar-refractivity contribution in [3.8, 4) is 0 Å². The van der Waals surface area contributed by atoms with Crippen LogP contribution in [0.2, 0.25) is 0 Å². The van der Waals surface area contributed by atoms with Gasteiger partial charge in [-0.3, -0.25) is 0 Å². The first kappa shape index (κ1) is 9.71. The van der Waals surface area contributed by atoms with Crippen molar-refractivity contribution >= 4 is 16.1 Å². The predicted octanol–water partition coefficient (Wildman–Crippen LogP) is 0.790. The van der Waals surface area contributed by atoms with E-state index in [9.17, 15) is 13.2 Å². The monoisotopic (exact) mass is 190 g/mol. The van der Waals surface area contributed by atoms with Gasteiger partial charge in [-0.25, -0.2) is 8.42 Å². The van der Waals surface area contributed by atoms with E-state index in [1.165, 1.54) is 0 Å².